The zero-order valence-electron chi connectivity index (χ0n) is 14.2. The number of aryl methyl sites for hydroxylation is 1. The summed E-state index contributed by atoms with van der Waals surface area (Å²) >= 11 is 0. The third kappa shape index (κ3) is 4.75. The summed E-state index contributed by atoms with van der Waals surface area (Å²) in [5, 5.41) is 11.1. The second-order valence-electron chi connectivity index (χ2n) is 6.16. The van der Waals surface area contributed by atoms with Gasteiger partial charge < -0.3 is 0 Å². The van der Waals surface area contributed by atoms with Crippen LogP contribution in [-0.4, -0.2) is 10.7 Å². The number of hydrogen-bond donors (Lipinski definition) is 0. The Morgan fingerprint density at radius 3 is 2.46 bits per heavy atom. The molecule has 0 aromatic heterocycles. The summed E-state index contributed by atoms with van der Waals surface area (Å²) in [5.41, 5.74) is 3.04. The molecule has 0 saturated heterocycles. The number of nitro benzene ring substituents is 1. The van der Waals surface area contributed by atoms with Crippen LogP contribution in [0.2, 0.25) is 0 Å². The first kappa shape index (κ1) is 17.9. The average Bonchev–Trinajstić information content (AvgIpc) is 2.59. The average molecular weight is 325 g/mol. The Balaban J connectivity index is 2.34. The van der Waals surface area contributed by atoms with E-state index >= 15 is 0 Å². The number of nitro groups is 1. The van der Waals surface area contributed by atoms with Crippen molar-refractivity contribution < 1.29 is 9.72 Å². The topological polar surface area (TPSA) is 60.2 Å². The van der Waals surface area contributed by atoms with Gasteiger partial charge in [-0.2, -0.15) is 0 Å². The Morgan fingerprint density at radius 2 is 1.83 bits per heavy atom. The first-order valence-corrected chi connectivity index (χ1v) is 8.34. The van der Waals surface area contributed by atoms with Crippen LogP contribution in [0.1, 0.15) is 55.2 Å². The van der Waals surface area contributed by atoms with Crippen molar-refractivity contribution in [2.24, 2.45) is 0 Å². The monoisotopic (exact) mass is 325 g/mol. The number of hydrogen-bond acceptors (Lipinski definition) is 3. The van der Waals surface area contributed by atoms with Crippen molar-refractivity contribution in [2.75, 3.05) is 0 Å². The van der Waals surface area contributed by atoms with Crippen LogP contribution in [0.25, 0.3) is 0 Å². The van der Waals surface area contributed by atoms with Crippen molar-refractivity contribution in [3.05, 3.63) is 75.3 Å². The van der Waals surface area contributed by atoms with Gasteiger partial charge in [0.05, 0.1) is 4.92 Å². The van der Waals surface area contributed by atoms with Gasteiger partial charge in [0.25, 0.3) is 5.69 Å². The highest BCUT2D eigenvalue weighted by Crippen LogP contribution is 2.31. The maximum absolute atomic E-state index is 12.3. The minimum atomic E-state index is -0.394. The third-order valence-corrected chi connectivity index (χ3v) is 4.20. The van der Waals surface area contributed by atoms with E-state index in [1.807, 2.05) is 37.3 Å². The number of ketones is 1. The van der Waals surface area contributed by atoms with E-state index in [0.29, 0.717) is 12.8 Å². The van der Waals surface area contributed by atoms with Gasteiger partial charge in [-0.15, -0.1) is 0 Å². The molecule has 1 unspecified atom stereocenters. The standard InChI is InChI=1S/C20H23NO3/c1-3-4-8-19(22)14-20(16-11-9-15(2)10-12-16)17-6-5-7-18(13-17)21(23)24/h5-7,9-13,20H,3-4,8,14H2,1-2H3. The number of benzene rings is 2. The van der Waals surface area contributed by atoms with Gasteiger partial charge in [0.2, 0.25) is 0 Å². The lowest BCUT2D eigenvalue weighted by molar-refractivity contribution is -0.384. The van der Waals surface area contributed by atoms with Crippen LogP contribution in [0, 0.1) is 17.0 Å². The van der Waals surface area contributed by atoms with Gasteiger partial charge in [0.1, 0.15) is 5.78 Å². The second kappa shape index (κ2) is 8.39. The van der Waals surface area contributed by atoms with Gasteiger partial charge in [0, 0.05) is 30.9 Å². The van der Waals surface area contributed by atoms with Gasteiger partial charge in [-0.25, -0.2) is 0 Å². The fourth-order valence-corrected chi connectivity index (χ4v) is 2.79. The number of nitrogens with zero attached hydrogens (tertiary/aromatic N) is 1. The highest BCUT2D eigenvalue weighted by Gasteiger charge is 2.20. The van der Waals surface area contributed by atoms with Crippen LogP contribution in [0.4, 0.5) is 5.69 Å². The van der Waals surface area contributed by atoms with Crippen LogP contribution in [-0.2, 0) is 4.79 Å². The third-order valence-electron chi connectivity index (χ3n) is 4.20. The molecule has 0 heterocycles. The van der Waals surface area contributed by atoms with Crippen LogP contribution in [0.3, 0.4) is 0 Å². The van der Waals surface area contributed by atoms with E-state index < -0.39 is 4.92 Å². The van der Waals surface area contributed by atoms with Crippen molar-refractivity contribution in [1.29, 1.82) is 0 Å². The Bertz CT molecular complexity index is 707. The van der Waals surface area contributed by atoms with Crippen molar-refractivity contribution in [2.45, 2.75) is 45.4 Å². The summed E-state index contributed by atoms with van der Waals surface area (Å²) in [7, 11) is 0. The van der Waals surface area contributed by atoms with Gasteiger partial charge in [-0.3, -0.25) is 14.9 Å². The maximum Gasteiger partial charge on any atom is 0.269 e. The summed E-state index contributed by atoms with van der Waals surface area (Å²) < 4.78 is 0. The molecule has 2 rings (SSSR count). The zero-order valence-corrected chi connectivity index (χ0v) is 14.2. The Kier molecular flexibility index (Phi) is 6.24. The molecular formula is C20H23NO3. The second-order valence-corrected chi connectivity index (χ2v) is 6.16. The molecule has 4 nitrogen and oxygen atoms in total. The predicted molar refractivity (Wildman–Crippen MR) is 95.3 cm³/mol. The highest BCUT2D eigenvalue weighted by atomic mass is 16.6. The summed E-state index contributed by atoms with van der Waals surface area (Å²) in [5.74, 6) is 0.0591. The first-order valence-electron chi connectivity index (χ1n) is 8.34. The van der Waals surface area contributed by atoms with Crippen LogP contribution in [0.15, 0.2) is 48.5 Å². The van der Waals surface area contributed by atoms with Crippen LogP contribution >= 0.6 is 0 Å². The number of carbonyl (C=O) groups is 1. The first-order chi connectivity index (χ1) is 11.5. The molecule has 1 atom stereocenters. The number of unbranched alkanes of at least 4 members (excludes halogenated alkanes) is 1. The Labute approximate surface area is 142 Å². The molecule has 0 aliphatic rings. The summed E-state index contributed by atoms with van der Waals surface area (Å²) in [6.07, 6.45) is 2.81. The number of carbonyl (C=O) groups excluding carboxylic acids is 1. The van der Waals surface area contributed by atoms with E-state index in [1.165, 1.54) is 6.07 Å². The fourth-order valence-electron chi connectivity index (χ4n) is 2.79. The van der Waals surface area contributed by atoms with Crippen LogP contribution < -0.4 is 0 Å². The molecule has 0 amide bonds. The molecule has 0 N–H and O–H groups in total. The van der Waals surface area contributed by atoms with E-state index in [1.54, 1.807) is 12.1 Å². The predicted octanol–water partition coefficient (Wildman–Crippen LogP) is 5.18. The van der Waals surface area contributed by atoms with Gasteiger partial charge in [-0.1, -0.05) is 55.3 Å². The van der Waals surface area contributed by atoms with Gasteiger partial charge in [-0.05, 0) is 24.5 Å². The molecule has 0 aliphatic carbocycles. The van der Waals surface area contributed by atoms with Crippen molar-refractivity contribution in [3.8, 4) is 0 Å². The molecular weight excluding hydrogens is 302 g/mol. The van der Waals surface area contributed by atoms with E-state index in [9.17, 15) is 14.9 Å². The summed E-state index contributed by atoms with van der Waals surface area (Å²) in [6.45, 7) is 4.07. The summed E-state index contributed by atoms with van der Waals surface area (Å²) in [4.78, 5) is 23.0. The number of non-ortho nitro benzene ring substituents is 1. The largest absolute Gasteiger partial charge is 0.300 e. The number of rotatable bonds is 8. The molecule has 126 valence electrons. The quantitative estimate of drug-likeness (QED) is 0.496. The van der Waals surface area contributed by atoms with Crippen molar-refractivity contribution in [3.63, 3.8) is 0 Å². The Morgan fingerprint density at radius 1 is 1.12 bits per heavy atom. The molecule has 0 aliphatic heterocycles. The molecule has 0 radical (unpaired) electrons. The molecule has 0 saturated carbocycles. The molecule has 0 bridgehead atoms. The van der Waals surface area contributed by atoms with E-state index in [4.69, 9.17) is 0 Å². The maximum atomic E-state index is 12.3. The minimum Gasteiger partial charge on any atom is -0.300 e. The molecule has 0 fully saturated rings. The Hall–Kier alpha value is -2.49. The van der Waals surface area contributed by atoms with E-state index in [2.05, 4.69) is 6.92 Å². The normalized spacial score (nSPS) is 11.9. The molecule has 4 heteroatoms. The van der Waals surface area contributed by atoms with E-state index in [0.717, 1.165) is 29.5 Å². The zero-order chi connectivity index (χ0) is 17.5. The lowest BCUT2D eigenvalue weighted by Crippen LogP contribution is -2.09. The fraction of sp³-hybridized carbons (Fsp3) is 0.350. The highest BCUT2D eigenvalue weighted by molar-refractivity contribution is 5.80. The lowest BCUT2D eigenvalue weighted by atomic mass is 9.86. The van der Waals surface area contributed by atoms with Crippen molar-refractivity contribution >= 4 is 11.5 Å². The number of Topliss-reactive ketones (excluding diaryl/α,β-unsaturated/α-hetero) is 1. The minimum absolute atomic E-state index is 0.0608. The van der Waals surface area contributed by atoms with Gasteiger partial charge >= 0.3 is 0 Å². The van der Waals surface area contributed by atoms with Crippen molar-refractivity contribution in [1.82, 2.24) is 0 Å². The molecule has 2 aromatic carbocycles. The lowest BCUT2D eigenvalue weighted by Gasteiger charge is -2.17. The molecule has 24 heavy (non-hydrogen) atoms. The van der Waals surface area contributed by atoms with Gasteiger partial charge in [0.15, 0.2) is 0 Å². The van der Waals surface area contributed by atoms with E-state index in [-0.39, 0.29) is 17.4 Å². The smallest absolute Gasteiger partial charge is 0.269 e. The summed E-state index contributed by atoms with van der Waals surface area (Å²) in [6, 6.07) is 14.6. The molecule has 2 aromatic rings. The van der Waals surface area contributed by atoms with Crippen LogP contribution in [0.5, 0.6) is 0 Å². The molecule has 0 spiro atoms. The SMILES string of the molecule is CCCCC(=O)CC(c1ccc(C)cc1)c1cccc([N+](=O)[O-])c1.